The first kappa shape index (κ1) is 32.5. The van der Waals surface area contributed by atoms with Gasteiger partial charge in [0.15, 0.2) is 11.4 Å². The number of carbonyl (C=O) groups excluding carboxylic acids is 5. The van der Waals surface area contributed by atoms with E-state index in [-0.39, 0.29) is 38.5 Å². The van der Waals surface area contributed by atoms with Crippen molar-refractivity contribution in [2.24, 2.45) is 10.6 Å². The smallest absolute Gasteiger partial charge is 0.408 e. The number of hydrogen-bond donors (Lipinski definition) is 3. The fraction of sp³-hybridized carbons (Fsp3) is 0.677. The molecule has 3 fully saturated rings. The maximum atomic E-state index is 14.3. The van der Waals surface area contributed by atoms with Gasteiger partial charge in [-0.3, -0.25) is 19.2 Å². The lowest BCUT2D eigenvalue weighted by atomic mass is 9.85. The van der Waals surface area contributed by atoms with Gasteiger partial charge in [0.1, 0.15) is 23.9 Å². The molecule has 5 atom stereocenters. The number of nitrogens with zero attached hydrogens (tertiary/aromatic N) is 2. The van der Waals surface area contributed by atoms with E-state index >= 15 is 0 Å². The first-order chi connectivity index (χ1) is 21.4. The lowest BCUT2D eigenvalue weighted by Gasteiger charge is -2.35. The number of amides is 4. The molecular formula is C31H43N5O9. The van der Waals surface area contributed by atoms with Crippen LogP contribution in [0.25, 0.3) is 0 Å². The van der Waals surface area contributed by atoms with E-state index in [9.17, 15) is 24.0 Å². The average molecular weight is 630 g/mol. The maximum absolute atomic E-state index is 14.3. The van der Waals surface area contributed by atoms with Crippen LogP contribution in [0.2, 0.25) is 0 Å². The Bertz CT molecular complexity index is 1310. The fourth-order valence-electron chi connectivity index (χ4n) is 5.90. The standard InChI is InChI=1S/C31H43N5O9/c1-5-7-20(24(37)27(39)32-18-9-10-18)33-26(38)22-15-31(14-21(35-45-31)23-8-6-12-43-23)17-36(22)28(40)25(30(2,3)4)34-29(41)44-19-11-13-42-16-19/h6,8,12,18-20,22,25H,5,7,9-11,13-17H2,1-4H3,(H,32,39)(H,33,38)(H,34,41)/t19?,20-,22-,25+,31+/m0/s1. The normalized spacial score (nSPS) is 25.7. The summed E-state index contributed by atoms with van der Waals surface area (Å²) in [5.74, 6) is -2.05. The Morgan fingerprint density at radius 1 is 1.16 bits per heavy atom. The number of hydrogen-bond acceptors (Lipinski definition) is 10. The van der Waals surface area contributed by atoms with Crippen LogP contribution in [-0.4, -0.2) is 95.8 Å². The van der Waals surface area contributed by atoms with Gasteiger partial charge in [-0.25, -0.2) is 4.79 Å². The number of furan rings is 1. The first-order valence-electron chi connectivity index (χ1n) is 15.7. The zero-order valence-electron chi connectivity index (χ0n) is 26.3. The number of ether oxygens (including phenoxy) is 2. The summed E-state index contributed by atoms with van der Waals surface area (Å²) in [6.07, 6.45) is 3.67. The third-order valence-corrected chi connectivity index (χ3v) is 8.51. The minimum absolute atomic E-state index is 0.00798. The van der Waals surface area contributed by atoms with Crippen LogP contribution in [0.3, 0.4) is 0 Å². The van der Waals surface area contributed by atoms with Crippen LogP contribution in [0.1, 0.15) is 78.4 Å². The van der Waals surface area contributed by atoms with Crippen LogP contribution in [0.5, 0.6) is 0 Å². The van der Waals surface area contributed by atoms with Crippen LogP contribution >= 0.6 is 0 Å². The number of carbonyl (C=O) groups is 5. The summed E-state index contributed by atoms with van der Waals surface area (Å²) < 4.78 is 16.3. The number of ketones is 1. The fourth-order valence-corrected chi connectivity index (χ4v) is 5.90. The van der Waals surface area contributed by atoms with Gasteiger partial charge in [0, 0.05) is 25.3 Å². The summed E-state index contributed by atoms with van der Waals surface area (Å²) in [6, 6.07) is 0.256. The molecule has 1 saturated carbocycles. The minimum Gasteiger partial charge on any atom is -0.463 e. The molecule has 3 aliphatic heterocycles. The zero-order valence-corrected chi connectivity index (χ0v) is 26.3. The van der Waals surface area contributed by atoms with Crippen molar-refractivity contribution in [2.75, 3.05) is 19.8 Å². The Morgan fingerprint density at radius 3 is 2.56 bits per heavy atom. The van der Waals surface area contributed by atoms with E-state index in [1.807, 2.05) is 6.92 Å². The van der Waals surface area contributed by atoms with Crippen molar-refractivity contribution in [3.63, 3.8) is 0 Å². The molecule has 0 aromatic carbocycles. The van der Waals surface area contributed by atoms with Gasteiger partial charge < -0.3 is 39.6 Å². The highest BCUT2D eigenvalue weighted by atomic mass is 16.7. The van der Waals surface area contributed by atoms with E-state index in [0.29, 0.717) is 30.9 Å². The molecule has 1 aromatic rings. The monoisotopic (exact) mass is 629 g/mol. The van der Waals surface area contributed by atoms with E-state index in [1.54, 1.807) is 32.9 Å². The van der Waals surface area contributed by atoms with E-state index in [4.69, 9.17) is 18.7 Å². The summed E-state index contributed by atoms with van der Waals surface area (Å²) >= 11 is 0. The molecule has 45 heavy (non-hydrogen) atoms. The molecule has 1 unspecified atom stereocenters. The molecule has 14 nitrogen and oxygen atoms in total. The molecule has 5 rings (SSSR count). The molecular weight excluding hydrogens is 586 g/mol. The molecule has 3 N–H and O–H groups in total. The lowest BCUT2D eigenvalue weighted by molar-refractivity contribution is -0.144. The largest absolute Gasteiger partial charge is 0.463 e. The molecule has 0 radical (unpaired) electrons. The summed E-state index contributed by atoms with van der Waals surface area (Å²) in [4.78, 5) is 74.1. The van der Waals surface area contributed by atoms with Gasteiger partial charge in [-0.15, -0.1) is 0 Å². The predicted molar refractivity (Wildman–Crippen MR) is 159 cm³/mol. The molecule has 2 saturated heterocycles. The van der Waals surface area contributed by atoms with E-state index in [1.165, 1.54) is 11.2 Å². The minimum atomic E-state index is -1.08. The van der Waals surface area contributed by atoms with E-state index in [0.717, 1.165) is 12.8 Å². The van der Waals surface area contributed by atoms with Crippen LogP contribution in [0.15, 0.2) is 28.0 Å². The number of nitrogens with one attached hydrogen (secondary N) is 3. The van der Waals surface area contributed by atoms with Crippen molar-refractivity contribution in [3.8, 4) is 0 Å². The van der Waals surface area contributed by atoms with Crippen molar-refractivity contribution in [3.05, 3.63) is 24.2 Å². The second-order valence-electron chi connectivity index (χ2n) is 13.4. The summed E-state index contributed by atoms with van der Waals surface area (Å²) in [5.41, 5.74) is -1.28. The Balaban J connectivity index is 1.37. The molecule has 14 heteroatoms. The number of likely N-dealkylation sites (tertiary alicyclic amines) is 1. The van der Waals surface area contributed by atoms with Gasteiger partial charge >= 0.3 is 6.09 Å². The van der Waals surface area contributed by atoms with E-state index in [2.05, 4.69) is 21.1 Å². The number of rotatable bonds is 11. The van der Waals surface area contributed by atoms with Crippen molar-refractivity contribution in [2.45, 2.75) is 109 Å². The molecule has 4 aliphatic rings. The van der Waals surface area contributed by atoms with Crippen LogP contribution in [0, 0.1) is 5.41 Å². The number of Topliss-reactive ketones (excluding diaryl/α,β-unsaturated/α-hetero) is 1. The van der Waals surface area contributed by atoms with Crippen molar-refractivity contribution < 1.29 is 42.7 Å². The second-order valence-corrected chi connectivity index (χ2v) is 13.4. The third kappa shape index (κ3) is 7.66. The summed E-state index contributed by atoms with van der Waals surface area (Å²) in [7, 11) is 0. The van der Waals surface area contributed by atoms with Gasteiger partial charge in [0.25, 0.3) is 5.91 Å². The molecule has 1 aromatic heterocycles. The van der Waals surface area contributed by atoms with Gasteiger partial charge in [0.2, 0.25) is 17.6 Å². The Labute approximate surface area is 261 Å². The SMILES string of the molecule is CCC[C@H](NC(=O)[C@@H]1C[C@]2(CC(c3ccco3)=NO2)CN1C(=O)[C@@H](NC(=O)OC1CCOC1)C(C)(C)C)C(=O)C(=O)NC1CC1. The van der Waals surface area contributed by atoms with Crippen molar-refractivity contribution in [1.29, 1.82) is 0 Å². The molecule has 1 spiro atoms. The van der Waals surface area contributed by atoms with E-state index < -0.39 is 64.8 Å². The predicted octanol–water partition coefficient (Wildman–Crippen LogP) is 1.81. The zero-order chi connectivity index (χ0) is 32.4. The second kappa shape index (κ2) is 13.2. The molecule has 0 bridgehead atoms. The Hall–Kier alpha value is -3.94. The number of alkyl carbamates (subject to hydrolysis) is 1. The quantitative estimate of drug-likeness (QED) is 0.308. The lowest BCUT2D eigenvalue weighted by Crippen LogP contribution is -2.59. The summed E-state index contributed by atoms with van der Waals surface area (Å²) in [5, 5.41) is 12.4. The van der Waals surface area contributed by atoms with Crippen LogP contribution < -0.4 is 16.0 Å². The molecule has 246 valence electrons. The molecule has 4 heterocycles. The highest BCUT2D eigenvalue weighted by Crippen LogP contribution is 2.40. The average Bonchev–Trinajstić information content (AvgIpc) is 3.46. The van der Waals surface area contributed by atoms with Gasteiger partial charge in [0.05, 0.1) is 32.1 Å². The van der Waals surface area contributed by atoms with Crippen molar-refractivity contribution in [1.82, 2.24) is 20.9 Å². The van der Waals surface area contributed by atoms with Crippen LogP contribution in [-0.2, 0) is 33.5 Å². The Morgan fingerprint density at radius 2 is 1.93 bits per heavy atom. The molecule has 1 aliphatic carbocycles. The first-order valence-corrected chi connectivity index (χ1v) is 15.7. The topological polar surface area (TPSA) is 178 Å². The van der Waals surface area contributed by atoms with Crippen LogP contribution in [0.4, 0.5) is 4.79 Å². The highest BCUT2D eigenvalue weighted by Gasteiger charge is 2.56. The Kier molecular flexibility index (Phi) is 9.52. The third-order valence-electron chi connectivity index (χ3n) is 8.51. The highest BCUT2D eigenvalue weighted by molar-refractivity contribution is 6.38. The van der Waals surface area contributed by atoms with Crippen molar-refractivity contribution >= 4 is 35.3 Å². The van der Waals surface area contributed by atoms with Gasteiger partial charge in [-0.2, -0.15) is 0 Å². The maximum Gasteiger partial charge on any atom is 0.408 e. The van der Waals surface area contributed by atoms with Gasteiger partial charge in [-0.1, -0.05) is 39.3 Å². The van der Waals surface area contributed by atoms with Gasteiger partial charge in [-0.05, 0) is 36.8 Å². The number of oxime groups is 1. The molecule has 4 amide bonds. The summed E-state index contributed by atoms with van der Waals surface area (Å²) in [6.45, 7) is 8.01.